The predicted octanol–water partition coefficient (Wildman–Crippen LogP) is 2.69. The first kappa shape index (κ1) is 15.9. The van der Waals surface area contributed by atoms with Crippen molar-refractivity contribution in [2.24, 2.45) is 11.7 Å². The second-order valence-electron chi connectivity index (χ2n) is 6.90. The highest BCUT2D eigenvalue weighted by Crippen LogP contribution is 2.44. The number of ether oxygens (including phenoxy) is 1. The molecule has 3 heteroatoms. The van der Waals surface area contributed by atoms with E-state index in [1.807, 2.05) is 0 Å². The molecule has 18 heavy (non-hydrogen) atoms. The van der Waals surface area contributed by atoms with Gasteiger partial charge in [0.15, 0.2) is 0 Å². The molecule has 1 unspecified atom stereocenters. The summed E-state index contributed by atoms with van der Waals surface area (Å²) < 4.78 is 6.20. The summed E-state index contributed by atoms with van der Waals surface area (Å²) in [4.78, 5) is 0. The van der Waals surface area contributed by atoms with Crippen molar-refractivity contribution in [1.29, 1.82) is 0 Å². The van der Waals surface area contributed by atoms with Crippen molar-refractivity contribution in [2.45, 2.75) is 77.5 Å². The molecule has 0 spiro atoms. The summed E-state index contributed by atoms with van der Waals surface area (Å²) in [5.41, 5.74) is 5.69. The standard InChI is InChI=1S/C15H32N2O/c1-7-12(8-2)9-17-15(11-16)10-13(3,4)18-14(15,5)6/h12,17H,7-11,16H2,1-6H3. The molecule has 1 saturated heterocycles. The zero-order valence-electron chi connectivity index (χ0n) is 13.1. The monoisotopic (exact) mass is 256 g/mol. The SMILES string of the molecule is CCC(CC)CNC1(CN)CC(C)(C)OC1(C)C. The lowest BCUT2D eigenvalue weighted by Crippen LogP contribution is -2.62. The molecule has 3 nitrogen and oxygen atoms in total. The van der Waals surface area contributed by atoms with Crippen molar-refractivity contribution in [3.8, 4) is 0 Å². The average Bonchev–Trinajstić information content (AvgIpc) is 2.45. The maximum atomic E-state index is 6.20. The van der Waals surface area contributed by atoms with E-state index in [0.717, 1.165) is 18.9 Å². The third-order valence-electron chi connectivity index (χ3n) is 4.64. The van der Waals surface area contributed by atoms with Crippen LogP contribution in [0.2, 0.25) is 0 Å². The van der Waals surface area contributed by atoms with Crippen LogP contribution in [0.4, 0.5) is 0 Å². The largest absolute Gasteiger partial charge is 0.368 e. The summed E-state index contributed by atoms with van der Waals surface area (Å²) in [5.74, 6) is 0.730. The Balaban J connectivity index is 2.79. The second-order valence-corrected chi connectivity index (χ2v) is 6.90. The topological polar surface area (TPSA) is 47.3 Å². The molecule has 1 aliphatic rings. The number of nitrogens with two attached hydrogens (primary N) is 1. The Bertz CT molecular complexity index is 272. The fourth-order valence-corrected chi connectivity index (χ4v) is 3.35. The van der Waals surface area contributed by atoms with Gasteiger partial charge in [0.1, 0.15) is 0 Å². The quantitative estimate of drug-likeness (QED) is 0.768. The molecule has 1 rings (SSSR count). The van der Waals surface area contributed by atoms with Gasteiger partial charge in [-0.2, -0.15) is 0 Å². The molecule has 1 fully saturated rings. The van der Waals surface area contributed by atoms with E-state index in [1.165, 1.54) is 12.8 Å². The van der Waals surface area contributed by atoms with Gasteiger partial charge >= 0.3 is 0 Å². The summed E-state index contributed by atoms with van der Waals surface area (Å²) in [7, 11) is 0. The van der Waals surface area contributed by atoms with Crippen molar-refractivity contribution in [3.05, 3.63) is 0 Å². The number of nitrogens with one attached hydrogen (secondary N) is 1. The summed E-state index contributed by atoms with van der Waals surface area (Å²) in [5, 5.41) is 3.74. The van der Waals surface area contributed by atoms with Gasteiger partial charge in [-0.15, -0.1) is 0 Å². The van der Waals surface area contributed by atoms with Gasteiger partial charge in [0.25, 0.3) is 0 Å². The highest BCUT2D eigenvalue weighted by molar-refractivity contribution is 5.12. The molecule has 0 aromatic rings. The van der Waals surface area contributed by atoms with Gasteiger partial charge in [0.05, 0.1) is 16.7 Å². The third kappa shape index (κ3) is 3.06. The number of hydrogen-bond donors (Lipinski definition) is 2. The van der Waals surface area contributed by atoms with E-state index in [-0.39, 0.29) is 16.7 Å². The Hall–Kier alpha value is -0.120. The van der Waals surface area contributed by atoms with E-state index >= 15 is 0 Å². The van der Waals surface area contributed by atoms with Gasteiger partial charge in [-0.05, 0) is 46.6 Å². The molecule has 1 atom stereocenters. The van der Waals surface area contributed by atoms with Crippen LogP contribution in [0.1, 0.15) is 60.8 Å². The number of rotatable bonds is 6. The van der Waals surface area contributed by atoms with Crippen molar-refractivity contribution in [2.75, 3.05) is 13.1 Å². The minimum absolute atomic E-state index is 0.0935. The minimum Gasteiger partial charge on any atom is -0.368 e. The first-order valence-corrected chi connectivity index (χ1v) is 7.37. The zero-order valence-corrected chi connectivity index (χ0v) is 13.1. The van der Waals surface area contributed by atoms with Crippen LogP contribution in [-0.2, 0) is 4.74 Å². The minimum atomic E-state index is -0.211. The van der Waals surface area contributed by atoms with Crippen molar-refractivity contribution in [1.82, 2.24) is 5.32 Å². The van der Waals surface area contributed by atoms with Gasteiger partial charge in [-0.1, -0.05) is 26.7 Å². The van der Waals surface area contributed by atoms with Gasteiger partial charge < -0.3 is 15.8 Å². The van der Waals surface area contributed by atoms with Crippen LogP contribution in [0.3, 0.4) is 0 Å². The Morgan fingerprint density at radius 2 is 1.72 bits per heavy atom. The van der Waals surface area contributed by atoms with Crippen LogP contribution in [0, 0.1) is 5.92 Å². The molecule has 0 amide bonds. The Morgan fingerprint density at radius 1 is 1.17 bits per heavy atom. The highest BCUT2D eigenvalue weighted by atomic mass is 16.5. The third-order valence-corrected chi connectivity index (χ3v) is 4.64. The maximum absolute atomic E-state index is 6.20. The Labute approximate surface area is 113 Å². The molecule has 0 saturated carbocycles. The number of hydrogen-bond acceptors (Lipinski definition) is 3. The van der Waals surface area contributed by atoms with Gasteiger partial charge in [0.2, 0.25) is 0 Å². The summed E-state index contributed by atoms with van der Waals surface area (Å²) in [6.45, 7) is 14.8. The van der Waals surface area contributed by atoms with Gasteiger partial charge in [0, 0.05) is 6.54 Å². The van der Waals surface area contributed by atoms with E-state index in [9.17, 15) is 0 Å². The fourth-order valence-electron chi connectivity index (χ4n) is 3.35. The average molecular weight is 256 g/mol. The molecule has 3 N–H and O–H groups in total. The molecule has 0 bridgehead atoms. The lowest BCUT2D eigenvalue weighted by atomic mass is 9.78. The Kier molecular flexibility index (Phi) is 4.85. The van der Waals surface area contributed by atoms with Crippen molar-refractivity contribution < 1.29 is 4.74 Å². The normalized spacial score (nSPS) is 30.0. The van der Waals surface area contributed by atoms with Crippen LogP contribution in [-0.4, -0.2) is 29.8 Å². The highest BCUT2D eigenvalue weighted by Gasteiger charge is 2.56. The molecular formula is C15H32N2O. The van der Waals surface area contributed by atoms with Gasteiger partial charge in [-0.25, -0.2) is 0 Å². The van der Waals surface area contributed by atoms with Crippen molar-refractivity contribution >= 4 is 0 Å². The lowest BCUT2D eigenvalue weighted by molar-refractivity contribution is -0.0823. The summed E-state index contributed by atoms with van der Waals surface area (Å²) >= 11 is 0. The molecular weight excluding hydrogens is 224 g/mol. The first-order chi connectivity index (χ1) is 8.22. The molecule has 0 aromatic carbocycles. The van der Waals surface area contributed by atoms with Crippen LogP contribution in [0.15, 0.2) is 0 Å². The molecule has 1 heterocycles. The maximum Gasteiger partial charge on any atom is 0.0827 e. The van der Waals surface area contributed by atoms with E-state index in [1.54, 1.807) is 0 Å². The molecule has 0 radical (unpaired) electrons. The molecule has 0 aliphatic carbocycles. The van der Waals surface area contributed by atoms with E-state index < -0.39 is 0 Å². The molecule has 108 valence electrons. The fraction of sp³-hybridized carbons (Fsp3) is 1.00. The van der Waals surface area contributed by atoms with Crippen LogP contribution in [0.25, 0.3) is 0 Å². The van der Waals surface area contributed by atoms with E-state index in [4.69, 9.17) is 10.5 Å². The van der Waals surface area contributed by atoms with Crippen LogP contribution >= 0.6 is 0 Å². The van der Waals surface area contributed by atoms with Crippen LogP contribution < -0.4 is 11.1 Å². The van der Waals surface area contributed by atoms with Gasteiger partial charge in [-0.3, -0.25) is 0 Å². The Morgan fingerprint density at radius 3 is 2.06 bits per heavy atom. The lowest BCUT2D eigenvalue weighted by Gasteiger charge is -2.40. The molecule has 0 aromatic heterocycles. The summed E-state index contributed by atoms with van der Waals surface area (Å²) in [6.07, 6.45) is 3.41. The van der Waals surface area contributed by atoms with E-state index in [2.05, 4.69) is 46.9 Å². The zero-order chi connectivity index (χ0) is 14.0. The summed E-state index contributed by atoms with van der Waals surface area (Å²) in [6, 6.07) is 0. The first-order valence-electron chi connectivity index (χ1n) is 7.37. The van der Waals surface area contributed by atoms with Crippen LogP contribution in [0.5, 0.6) is 0 Å². The van der Waals surface area contributed by atoms with Crippen molar-refractivity contribution in [3.63, 3.8) is 0 Å². The van der Waals surface area contributed by atoms with E-state index in [0.29, 0.717) is 6.54 Å². The predicted molar refractivity (Wildman–Crippen MR) is 77.7 cm³/mol. The molecule has 1 aliphatic heterocycles. The second kappa shape index (κ2) is 5.48. The smallest absolute Gasteiger partial charge is 0.0827 e.